The molecule has 8 heteroatoms. The molecular formula is C19H29F3N4O. The van der Waals surface area contributed by atoms with Crippen molar-refractivity contribution in [1.82, 2.24) is 15.5 Å². The summed E-state index contributed by atoms with van der Waals surface area (Å²) in [6.45, 7) is 4.03. The van der Waals surface area contributed by atoms with Gasteiger partial charge < -0.3 is 15.4 Å². The van der Waals surface area contributed by atoms with Crippen LogP contribution in [0.2, 0.25) is 0 Å². The molecule has 0 radical (unpaired) electrons. The number of methoxy groups -OCH3 is 1. The van der Waals surface area contributed by atoms with Gasteiger partial charge in [-0.3, -0.25) is 9.89 Å². The monoisotopic (exact) mass is 386 g/mol. The van der Waals surface area contributed by atoms with Crippen LogP contribution in [0.3, 0.4) is 0 Å². The molecule has 152 valence electrons. The van der Waals surface area contributed by atoms with E-state index in [4.69, 9.17) is 4.74 Å². The molecule has 2 N–H and O–H groups in total. The minimum Gasteiger partial charge on any atom is -0.496 e. The molecule has 1 aliphatic heterocycles. The van der Waals surface area contributed by atoms with Gasteiger partial charge in [0, 0.05) is 26.2 Å². The summed E-state index contributed by atoms with van der Waals surface area (Å²) in [5.41, 5.74) is 1.11. The number of alkyl halides is 3. The quantitative estimate of drug-likeness (QED) is 0.533. The third-order valence-corrected chi connectivity index (χ3v) is 4.50. The number of halogens is 3. The highest BCUT2D eigenvalue weighted by atomic mass is 19.4. The lowest BCUT2D eigenvalue weighted by atomic mass is 10.1. The van der Waals surface area contributed by atoms with Crippen LogP contribution in [0, 0.1) is 5.92 Å². The first-order valence-corrected chi connectivity index (χ1v) is 9.34. The Labute approximate surface area is 159 Å². The Morgan fingerprint density at radius 1 is 1.30 bits per heavy atom. The van der Waals surface area contributed by atoms with Gasteiger partial charge in [-0.2, -0.15) is 13.2 Å². The van der Waals surface area contributed by atoms with E-state index in [1.54, 1.807) is 7.11 Å². The number of likely N-dealkylation sites (tertiary alicyclic amines) is 1. The van der Waals surface area contributed by atoms with Gasteiger partial charge in [0.1, 0.15) is 5.75 Å². The number of hydrogen-bond acceptors (Lipinski definition) is 3. The smallest absolute Gasteiger partial charge is 0.401 e. The van der Waals surface area contributed by atoms with Crippen LogP contribution in [0.15, 0.2) is 29.3 Å². The largest absolute Gasteiger partial charge is 0.496 e. The Morgan fingerprint density at radius 2 is 2.07 bits per heavy atom. The molecule has 2 rings (SSSR count). The van der Waals surface area contributed by atoms with Gasteiger partial charge >= 0.3 is 6.18 Å². The van der Waals surface area contributed by atoms with Gasteiger partial charge in [-0.05, 0) is 43.9 Å². The molecule has 0 spiro atoms. The molecule has 1 aromatic carbocycles. The molecule has 1 aromatic rings. The normalized spacial score (nSPS) is 18.6. The Kier molecular flexibility index (Phi) is 8.22. The second kappa shape index (κ2) is 10.4. The van der Waals surface area contributed by atoms with Crippen molar-refractivity contribution in [3.05, 3.63) is 29.8 Å². The molecule has 1 atom stereocenters. The van der Waals surface area contributed by atoms with Crippen molar-refractivity contribution in [3.63, 3.8) is 0 Å². The molecule has 0 saturated carbocycles. The molecule has 27 heavy (non-hydrogen) atoms. The highest BCUT2D eigenvalue weighted by molar-refractivity contribution is 5.79. The van der Waals surface area contributed by atoms with Gasteiger partial charge in [0.05, 0.1) is 13.7 Å². The number of rotatable bonds is 8. The highest BCUT2D eigenvalue weighted by Crippen LogP contribution is 2.23. The number of nitrogens with one attached hydrogen (secondary N) is 2. The maximum atomic E-state index is 12.5. The van der Waals surface area contributed by atoms with Crippen LogP contribution < -0.4 is 15.4 Å². The molecule has 0 bridgehead atoms. The lowest BCUT2D eigenvalue weighted by molar-refractivity contribution is -0.143. The van der Waals surface area contributed by atoms with Gasteiger partial charge in [0.15, 0.2) is 5.96 Å². The predicted octanol–water partition coefficient (Wildman–Crippen LogP) is 2.68. The first-order valence-electron chi connectivity index (χ1n) is 9.34. The van der Waals surface area contributed by atoms with Crippen molar-refractivity contribution in [3.8, 4) is 5.75 Å². The van der Waals surface area contributed by atoms with Crippen molar-refractivity contribution in [2.75, 3.05) is 46.4 Å². The lowest BCUT2D eigenvalue weighted by Gasteiger charge is -2.17. The summed E-state index contributed by atoms with van der Waals surface area (Å²) in [6, 6.07) is 7.87. The Balaban J connectivity index is 1.80. The zero-order valence-electron chi connectivity index (χ0n) is 16.0. The zero-order chi connectivity index (χ0) is 19.7. The van der Waals surface area contributed by atoms with Gasteiger partial charge in [-0.1, -0.05) is 18.2 Å². The van der Waals surface area contributed by atoms with Crippen LogP contribution in [-0.4, -0.2) is 63.4 Å². The van der Waals surface area contributed by atoms with E-state index in [0.717, 1.165) is 30.7 Å². The molecule has 0 aromatic heterocycles. The van der Waals surface area contributed by atoms with E-state index in [-0.39, 0.29) is 5.92 Å². The van der Waals surface area contributed by atoms with Crippen molar-refractivity contribution in [2.45, 2.75) is 25.9 Å². The first kappa shape index (κ1) is 21.3. The third-order valence-electron chi connectivity index (χ3n) is 4.50. The fourth-order valence-corrected chi connectivity index (χ4v) is 3.25. The number of guanidine groups is 1. The topological polar surface area (TPSA) is 48.9 Å². The lowest BCUT2D eigenvalue weighted by Crippen LogP contribution is -2.39. The summed E-state index contributed by atoms with van der Waals surface area (Å²) < 4.78 is 42.8. The standard InChI is InChI=1S/C19H29F3N4O/c1-3-23-18(24-10-8-16-6-4-5-7-17(16)27-2)25-12-15-9-11-26(13-15)14-19(20,21)22/h4-7,15H,3,8-14H2,1-2H3,(H2,23,24,25). The van der Waals surface area contributed by atoms with E-state index in [2.05, 4.69) is 15.6 Å². The maximum absolute atomic E-state index is 12.5. The maximum Gasteiger partial charge on any atom is 0.401 e. The second-order valence-electron chi connectivity index (χ2n) is 6.71. The van der Waals surface area contributed by atoms with Crippen LogP contribution in [-0.2, 0) is 6.42 Å². The van der Waals surface area contributed by atoms with Crippen molar-refractivity contribution in [2.24, 2.45) is 10.9 Å². The molecule has 1 fully saturated rings. The molecule has 1 heterocycles. The summed E-state index contributed by atoms with van der Waals surface area (Å²) in [6.07, 6.45) is -2.59. The summed E-state index contributed by atoms with van der Waals surface area (Å²) in [4.78, 5) is 6.02. The number of nitrogens with zero attached hydrogens (tertiary/aromatic N) is 2. The fourth-order valence-electron chi connectivity index (χ4n) is 3.25. The Bertz CT molecular complexity index is 607. The average Bonchev–Trinajstić information content (AvgIpc) is 3.05. The minimum absolute atomic E-state index is 0.164. The molecule has 0 amide bonds. The van der Waals surface area contributed by atoms with Gasteiger partial charge in [-0.25, -0.2) is 0 Å². The van der Waals surface area contributed by atoms with Gasteiger partial charge in [0.25, 0.3) is 0 Å². The van der Waals surface area contributed by atoms with Crippen LogP contribution >= 0.6 is 0 Å². The summed E-state index contributed by atoms with van der Waals surface area (Å²) in [5, 5.41) is 6.47. The second-order valence-corrected chi connectivity index (χ2v) is 6.71. The van der Waals surface area contributed by atoms with E-state index < -0.39 is 12.7 Å². The molecular weight excluding hydrogens is 357 g/mol. The molecule has 1 unspecified atom stereocenters. The molecule has 1 aliphatic rings. The van der Waals surface area contributed by atoms with Crippen molar-refractivity contribution >= 4 is 5.96 Å². The molecule has 5 nitrogen and oxygen atoms in total. The van der Waals surface area contributed by atoms with E-state index in [9.17, 15) is 13.2 Å². The predicted molar refractivity (Wildman–Crippen MR) is 101 cm³/mol. The average molecular weight is 386 g/mol. The zero-order valence-corrected chi connectivity index (χ0v) is 16.0. The van der Waals surface area contributed by atoms with E-state index in [1.807, 2.05) is 31.2 Å². The summed E-state index contributed by atoms with van der Waals surface area (Å²) in [7, 11) is 1.65. The number of ether oxygens (including phenoxy) is 1. The third kappa shape index (κ3) is 7.66. The fraction of sp³-hybridized carbons (Fsp3) is 0.632. The number of para-hydroxylation sites is 1. The van der Waals surface area contributed by atoms with Gasteiger partial charge in [-0.15, -0.1) is 0 Å². The number of aliphatic imine (C=N–C) groups is 1. The van der Waals surface area contributed by atoms with E-state index >= 15 is 0 Å². The highest BCUT2D eigenvalue weighted by Gasteiger charge is 2.34. The minimum atomic E-state index is -4.13. The molecule has 0 aliphatic carbocycles. The SMILES string of the molecule is CCNC(=NCC1CCN(CC(F)(F)F)C1)NCCc1ccccc1OC. The van der Waals surface area contributed by atoms with Crippen molar-refractivity contribution < 1.29 is 17.9 Å². The van der Waals surface area contributed by atoms with Crippen LogP contribution in [0.5, 0.6) is 5.75 Å². The van der Waals surface area contributed by atoms with E-state index in [0.29, 0.717) is 32.1 Å². The summed E-state index contributed by atoms with van der Waals surface area (Å²) >= 11 is 0. The number of hydrogen-bond donors (Lipinski definition) is 2. The van der Waals surface area contributed by atoms with Crippen molar-refractivity contribution in [1.29, 1.82) is 0 Å². The Morgan fingerprint density at radius 3 is 2.78 bits per heavy atom. The first-order chi connectivity index (χ1) is 12.9. The van der Waals surface area contributed by atoms with Gasteiger partial charge in [0.2, 0.25) is 0 Å². The van der Waals surface area contributed by atoms with Crippen LogP contribution in [0.1, 0.15) is 18.9 Å². The van der Waals surface area contributed by atoms with Crippen LogP contribution in [0.4, 0.5) is 13.2 Å². The summed E-state index contributed by atoms with van der Waals surface area (Å²) in [5.74, 6) is 1.72. The van der Waals surface area contributed by atoms with Crippen LogP contribution in [0.25, 0.3) is 0 Å². The van der Waals surface area contributed by atoms with E-state index in [1.165, 1.54) is 4.90 Å². The Hall–Kier alpha value is -1.96. The number of benzene rings is 1. The molecule has 1 saturated heterocycles.